The molecule has 0 aromatic rings. The molecule has 80 valence electrons. The molecule has 0 saturated heterocycles. The fraction of sp³-hybridized carbons (Fsp3) is 1.00. The maximum absolute atomic E-state index is 9.28. The third kappa shape index (κ3) is 4.63. The van der Waals surface area contributed by atoms with Gasteiger partial charge < -0.3 is 10.2 Å². The molecule has 0 fully saturated rings. The smallest absolute Gasteiger partial charge is 0.0487 e. The van der Waals surface area contributed by atoms with Crippen LogP contribution in [-0.4, -0.2) is 23.4 Å². The zero-order valence-corrected chi connectivity index (χ0v) is 9.05. The van der Waals surface area contributed by atoms with Crippen LogP contribution < -0.4 is 0 Å². The molecule has 0 spiro atoms. The lowest BCUT2D eigenvalue weighted by molar-refractivity contribution is 0.102. The number of rotatable bonds is 8. The van der Waals surface area contributed by atoms with Gasteiger partial charge in [-0.15, -0.1) is 0 Å². The summed E-state index contributed by atoms with van der Waals surface area (Å²) < 4.78 is 0. The van der Waals surface area contributed by atoms with Crippen LogP contribution in [0.2, 0.25) is 0 Å². The van der Waals surface area contributed by atoms with E-state index in [4.69, 9.17) is 5.11 Å². The van der Waals surface area contributed by atoms with Gasteiger partial charge in [0.05, 0.1) is 0 Å². The average Bonchev–Trinajstić information content (AvgIpc) is 2.20. The Hall–Kier alpha value is -0.0800. The van der Waals surface area contributed by atoms with Gasteiger partial charge in [0.15, 0.2) is 0 Å². The largest absolute Gasteiger partial charge is 0.396 e. The van der Waals surface area contributed by atoms with Crippen molar-refractivity contribution in [1.82, 2.24) is 0 Å². The van der Waals surface area contributed by atoms with E-state index in [9.17, 15) is 5.11 Å². The van der Waals surface area contributed by atoms with Crippen molar-refractivity contribution in [2.45, 2.75) is 52.4 Å². The number of hydrogen-bond acceptors (Lipinski definition) is 2. The van der Waals surface area contributed by atoms with Gasteiger partial charge in [-0.2, -0.15) is 0 Å². The van der Waals surface area contributed by atoms with Crippen LogP contribution in [0.1, 0.15) is 52.4 Å². The fourth-order valence-electron chi connectivity index (χ4n) is 1.69. The molecule has 0 unspecified atom stereocenters. The van der Waals surface area contributed by atoms with Crippen LogP contribution >= 0.6 is 0 Å². The van der Waals surface area contributed by atoms with E-state index in [0.717, 1.165) is 38.5 Å². The first kappa shape index (κ1) is 12.9. The van der Waals surface area contributed by atoms with Crippen molar-refractivity contribution in [2.75, 3.05) is 13.2 Å². The molecular weight excluding hydrogens is 164 g/mol. The molecule has 0 aliphatic heterocycles. The Morgan fingerprint density at radius 1 is 0.923 bits per heavy atom. The third-order valence-corrected chi connectivity index (χ3v) is 3.20. The van der Waals surface area contributed by atoms with E-state index in [-0.39, 0.29) is 5.41 Å². The molecule has 0 heterocycles. The number of aliphatic hydroxyl groups is 2. The van der Waals surface area contributed by atoms with Gasteiger partial charge in [-0.05, 0) is 31.1 Å². The predicted molar refractivity (Wildman–Crippen MR) is 55.7 cm³/mol. The van der Waals surface area contributed by atoms with E-state index in [0.29, 0.717) is 13.2 Å². The van der Waals surface area contributed by atoms with Crippen molar-refractivity contribution in [1.29, 1.82) is 0 Å². The van der Waals surface area contributed by atoms with Crippen LogP contribution in [0.5, 0.6) is 0 Å². The molecule has 13 heavy (non-hydrogen) atoms. The van der Waals surface area contributed by atoms with Gasteiger partial charge in [-0.3, -0.25) is 0 Å². The van der Waals surface area contributed by atoms with Crippen molar-refractivity contribution >= 4 is 0 Å². The number of aliphatic hydroxyl groups excluding tert-OH is 2. The van der Waals surface area contributed by atoms with Gasteiger partial charge in [0.2, 0.25) is 0 Å². The summed E-state index contributed by atoms with van der Waals surface area (Å²) >= 11 is 0. The highest BCUT2D eigenvalue weighted by Gasteiger charge is 2.23. The monoisotopic (exact) mass is 188 g/mol. The van der Waals surface area contributed by atoms with Crippen LogP contribution in [-0.2, 0) is 0 Å². The van der Waals surface area contributed by atoms with Crippen LogP contribution in [0.3, 0.4) is 0 Å². The molecule has 2 N–H and O–H groups in total. The van der Waals surface area contributed by atoms with Gasteiger partial charge in [-0.25, -0.2) is 0 Å². The molecule has 0 aliphatic rings. The summed E-state index contributed by atoms with van der Waals surface area (Å²) in [7, 11) is 0. The molecule has 0 atom stereocenters. The van der Waals surface area contributed by atoms with Gasteiger partial charge in [0, 0.05) is 13.2 Å². The first-order valence-electron chi connectivity index (χ1n) is 5.46. The second-order valence-corrected chi connectivity index (χ2v) is 3.90. The lowest BCUT2D eigenvalue weighted by atomic mass is 9.78. The molecule has 0 aromatic carbocycles. The average molecular weight is 188 g/mol. The Kier molecular flexibility index (Phi) is 7.29. The molecule has 0 rings (SSSR count). The number of hydrogen-bond donors (Lipinski definition) is 2. The molecular formula is C11H24O2. The van der Waals surface area contributed by atoms with Crippen molar-refractivity contribution < 1.29 is 10.2 Å². The predicted octanol–water partition coefficient (Wildman–Crippen LogP) is 2.34. The second kappa shape index (κ2) is 7.34. The SMILES string of the molecule is CCC(CC)(CO)CCCCCO. The van der Waals surface area contributed by atoms with E-state index < -0.39 is 0 Å². The normalized spacial score (nSPS) is 12.0. The van der Waals surface area contributed by atoms with Gasteiger partial charge in [0.1, 0.15) is 0 Å². The minimum Gasteiger partial charge on any atom is -0.396 e. The van der Waals surface area contributed by atoms with E-state index in [1.807, 2.05) is 0 Å². The quantitative estimate of drug-likeness (QED) is 0.574. The summed E-state index contributed by atoms with van der Waals surface area (Å²) in [5.41, 5.74) is 0.148. The minimum absolute atomic E-state index is 0.148. The third-order valence-electron chi connectivity index (χ3n) is 3.20. The standard InChI is InChI=1S/C11H24O2/c1-3-11(4-2,10-13)8-6-5-7-9-12/h12-13H,3-10H2,1-2H3. The molecule has 2 nitrogen and oxygen atoms in total. The molecule has 0 amide bonds. The van der Waals surface area contributed by atoms with Crippen LogP contribution in [0.25, 0.3) is 0 Å². The molecule has 0 aromatic heterocycles. The van der Waals surface area contributed by atoms with Crippen molar-refractivity contribution in [2.24, 2.45) is 5.41 Å². The highest BCUT2D eigenvalue weighted by atomic mass is 16.3. The van der Waals surface area contributed by atoms with Crippen LogP contribution in [0, 0.1) is 5.41 Å². The van der Waals surface area contributed by atoms with E-state index >= 15 is 0 Å². The van der Waals surface area contributed by atoms with Gasteiger partial charge >= 0.3 is 0 Å². The topological polar surface area (TPSA) is 40.5 Å². The Morgan fingerprint density at radius 3 is 1.92 bits per heavy atom. The van der Waals surface area contributed by atoms with Crippen molar-refractivity contribution in [3.05, 3.63) is 0 Å². The van der Waals surface area contributed by atoms with E-state index in [2.05, 4.69) is 13.8 Å². The highest BCUT2D eigenvalue weighted by molar-refractivity contribution is 4.75. The second-order valence-electron chi connectivity index (χ2n) is 3.90. The van der Waals surface area contributed by atoms with Gasteiger partial charge in [-0.1, -0.05) is 26.7 Å². The summed E-state index contributed by atoms with van der Waals surface area (Å²) in [4.78, 5) is 0. The molecule has 0 radical (unpaired) electrons. The highest BCUT2D eigenvalue weighted by Crippen LogP contribution is 2.31. The molecule has 0 bridgehead atoms. The first-order chi connectivity index (χ1) is 6.24. The maximum Gasteiger partial charge on any atom is 0.0487 e. The summed E-state index contributed by atoms with van der Waals surface area (Å²) in [6.07, 6.45) is 6.31. The Balaban J connectivity index is 3.68. The Labute approximate surface area is 82.0 Å². The molecule has 0 saturated carbocycles. The summed E-state index contributed by atoms with van der Waals surface area (Å²) in [6, 6.07) is 0. The van der Waals surface area contributed by atoms with E-state index in [1.165, 1.54) is 0 Å². The lowest BCUT2D eigenvalue weighted by Gasteiger charge is -2.29. The Morgan fingerprint density at radius 2 is 1.54 bits per heavy atom. The summed E-state index contributed by atoms with van der Waals surface area (Å²) in [5, 5.41) is 17.9. The zero-order chi connectivity index (χ0) is 10.2. The molecule has 2 heteroatoms. The van der Waals surface area contributed by atoms with Crippen LogP contribution in [0.15, 0.2) is 0 Å². The first-order valence-corrected chi connectivity index (χ1v) is 5.46. The summed E-state index contributed by atoms with van der Waals surface area (Å²) in [5.74, 6) is 0. The maximum atomic E-state index is 9.28. The zero-order valence-electron chi connectivity index (χ0n) is 9.05. The van der Waals surface area contributed by atoms with Crippen molar-refractivity contribution in [3.8, 4) is 0 Å². The Bertz CT molecular complexity index is 100. The summed E-state index contributed by atoms with van der Waals surface area (Å²) in [6.45, 7) is 4.89. The van der Waals surface area contributed by atoms with E-state index in [1.54, 1.807) is 0 Å². The van der Waals surface area contributed by atoms with Crippen LogP contribution in [0.4, 0.5) is 0 Å². The van der Waals surface area contributed by atoms with Crippen molar-refractivity contribution in [3.63, 3.8) is 0 Å². The minimum atomic E-state index is 0.148. The number of unbranched alkanes of at least 4 members (excludes halogenated alkanes) is 2. The lowest BCUT2D eigenvalue weighted by Crippen LogP contribution is -2.23. The molecule has 0 aliphatic carbocycles. The van der Waals surface area contributed by atoms with Gasteiger partial charge in [0.25, 0.3) is 0 Å². The fourth-order valence-corrected chi connectivity index (χ4v) is 1.69.